The van der Waals surface area contributed by atoms with E-state index in [0.29, 0.717) is 0 Å². The average Bonchev–Trinajstić information content (AvgIpc) is 3.28. The van der Waals surface area contributed by atoms with Gasteiger partial charge in [0.05, 0.1) is 23.6 Å². The fourth-order valence-corrected chi connectivity index (χ4v) is 4.67. The van der Waals surface area contributed by atoms with Crippen LogP contribution in [0.1, 0.15) is 36.4 Å². The predicted octanol–water partition coefficient (Wildman–Crippen LogP) is 4.05. The average molecular weight is 357 g/mol. The SMILES string of the molecule is [C-]#[N+]c1ccc2c(c1)CC[C@H]2n1c(N2CCC[C@H](N)C2)nc2ccccc21. The van der Waals surface area contributed by atoms with Crippen molar-refractivity contribution in [1.82, 2.24) is 9.55 Å². The molecule has 0 saturated carbocycles. The number of fused-ring (bicyclic) bond motifs is 2. The molecule has 2 N–H and O–H groups in total. The number of anilines is 1. The van der Waals surface area contributed by atoms with E-state index >= 15 is 0 Å². The van der Waals surface area contributed by atoms with Crippen LogP contribution in [-0.4, -0.2) is 28.7 Å². The number of para-hydroxylation sites is 2. The molecule has 3 aromatic rings. The fraction of sp³-hybridized carbons (Fsp3) is 0.364. The van der Waals surface area contributed by atoms with E-state index in [-0.39, 0.29) is 12.1 Å². The van der Waals surface area contributed by atoms with Crippen LogP contribution in [0.4, 0.5) is 11.6 Å². The summed E-state index contributed by atoms with van der Waals surface area (Å²) in [4.78, 5) is 11.0. The summed E-state index contributed by atoms with van der Waals surface area (Å²) in [5, 5.41) is 0. The molecule has 0 bridgehead atoms. The molecule has 1 saturated heterocycles. The Morgan fingerprint density at radius 3 is 2.89 bits per heavy atom. The Hall–Kier alpha value is -2.84. The first-order valence-corrected chi connectivity index (χ1v) is 9.72. The second kappa shape index (κ2) is 6.40. The Morgan fingerprint density at radius 2 is 2.04 bits per heavy atom. The summed E-state index contributed by atoms with van der Waals surface area (Å²) in [5.41, 5.74) is 11.8. The zero-order chi connectivity index (χ0) is 18.4. The topological polar surface area (TPSA) is 51.4 Å². The quantitative estimate of drug-likeness (QED) is 0.704. The van der Waals surface area contributed by atoms with Gasteiger partial charge >= 0.3 is 0 Å². The lowest BCUT2D eigenvalue weighted by atomic mass is 10.1. The number of imidazole rings is 1. The lowest BCUT2D eigenvalue weighted by molar-refractivity contribution is 0.486. The van der Waals surface area contributed by atoms with Crippen molar-refractivity contribution >= 4 is 22.7 Å². The Kier molecular flexibility index (Phi) is 3.87. The first kappa shape index (κ1) is 16.3. The summed E-state index contributed by atoms with van der Waals surface area (Å²) >= 11 is 0. The van der Waals surface area contributed by atoms with Gasteiger partial charge in [-0.15, -0.1) is 0 Å². The largest absolute Gasteiger partial charge is 0.341 e. The van der Waals surface area contributed by atoms with Crippen LogP contribution in [0, 0.1) is 6.57 Å². The summed E-state index contributed by atoms with van der Waals surface area (Å²) in [7, 11) is 0. The highest BCUT2D eigenvalue weighted by Gasteiger charge is 2.30. The van der Waals surface area contributed by atoms with Crippen LogP contribution >= 0.6 is 0 Å². The van der Waals surface area contributed by atoms with E-state index in [1.165, 1.54) is 16.6 Å². The lowest BCUT2D eigenvalue weighted by Gasteiger charge is -2.33. The maximum atomic E-state index is 7.28. The van der Waals surface area contributed by atoms with Crippen LogP contribution in [0.25, 0.3) is 15.9 Å². The van der Waals surface area contributed by atoms with Crippen molar-refractivity contribution in [3.63, 3.8) is 0 Å². The van der Waals surface area contributed by atoms with E-state index in [9.17, 15) is 0 Å². The van der Waals surface area contributed by atoms with Gasteiger partial charge in [-0.2, -0.15) is 0 Å². The van der Waals surface area contributed by atoms with Gasteiger partial charge in [-0.05, 0) is 43.4 Å². The molecular formula is C22H23N5. The van der Waals surface area contributed by atoms with Crippen LogP contribution in [0.2, 0.25) is 0 Å². The molecule has 5 nitrogen and oxygen atoms in total. The number of nitrogens with zero attached hydrogens (tertiary/aromatic N) is 4. The van der Waals surface area contributed by atoms with E-state index in [4.69, 9.17) is 17.3 Å². The molecule has 2 aliphatic rings. The molecule has 2 atom stereocenters. The minimum atomic E-state index is 0.212. The first-order valence-electron chi connectivity index (χ1n) is 9.72. The fourth-order valence-electron chi connectivity index (χ4n) is 4.67. The molecule has 5 rings (SSSR count). The molecule has 1 fully saturated rings. The monoisotopic (exact) mass is 357 g/mol. The second-order valence-electron chi connectivity index (χ2n) is 7.67. The lowest BCUT2D eigenvalue weighted by Crippen LogP contribution is -2.44. The van der Waals surface area contributed by atoms with E-state index in [1.807, 2.05) is 6.07 Å². The number of aryl methyl sites for hydroxylation is 1. The highest BCUT2D eigenvalue weighted by Crippen LogP contribution is 2.41. The minimum absolute atomic E-state index is 0.212. The van der Waals surface area contributed by atoms with Crippen LogP contribution in [0.15, 0.2) is 42.5 Å². The molecule has 5 heteroatoms. The van der Waals surface area contributed by atoms with Crippen molar-refractivity contribution in [2.24, 2.45) is 5.73 Å². The number of aromatic nitrogens is 2. The Balaban J connectivity index is 1.65. The van der Waals surface area contributed by atoms with E-state index < -0.39 is 0 Å². The normalized spacial score (nSPS) is 22.0. The number of piperidine rings is 1. The van der Waals surface area contributed by atoms with Crippen molar-refractivity contribution in [2.45, 2.75) is 37.8 Å². The van der Waals surface area contributed by atoms with Crippen LogP contribution in [-0.2, 0) is 6.42 Å². The molecule has 0 amide bonds. The summed E-state index contributed by atoms with van der Waals surface area (Å²) in [6, 6.07) is 15.0. The molecule has 2 aromatic carbocycles. The molecule has 136 valence electrons. The Bertz CT molecular complexity index is 1040. The van der Waals surface area contributed by atoms with Gasteiger partial charge in [0.25, 0.3) is 0 Å². The van der Waals surface area contributed by atoms with Gasteiger partial charge in [-0.3, -0.25) is 0 Å². The zero-order valence-corrected chi connectivity index (χ0v) is 15.3. The van der Waals surface area contributed by atoms with Gasteiger partial charge in [-0.25, -0.2) is 9.83 Å². The highest BCUT2D eigenvalue weighted by atomic mass is 15.3. The molecule has 27 heavy (non-hydrogen) atoms. The van der Waals surface area contributed by atoms with Gasteiger partial charge in [0.15, 0.2) is 5.69 Å². The number of benzene rings is 2. The van der Waals surface area contributed by atoms with Crippen molar-refractivity contribution in [3.05, 3.63) is 65.0 Å². The molecule has 0 radical (unpaired) electrons. The second-order valence-corrected chi connectivity index (χ2v) is 7.67. The van der Waals surface area contributed by atoms with Gasteiger partial charge in [0.1, 0.15) is 0 Å². The maximum absolute atomic E-state index is 7.28. The van der Waals surface area contributed by atoms with Crippen LogP contribution in [0.5, 0.6) is 0 Å². The maximum Gasteiger partial charge on any atom is 0.207 e. The zero-order valence-electron chi connectivity index (χ0n) is 15.3. The molecule has 1 aromatic heterocycles. The number of hydrogen-bond acceptors (Lipinski definition) is 3. The Morgan fingerprint density at radius 1 is 1.15 bits per heavy atom. The van der Waals surface area contributed by atoms with Crippen molar-refractivity contribution in [3.8, 4) is 0 Å². The standard InChI is InChI=1S/C22H23N5/c1-24-17-9-10-18-15(13-17)8-11-20(18)27-21-7-3-2-6-19(21)25-22(27)26-12-4-5-16(23)14-26/h2-3,6-7,9-10,13,16,20H,4-5,8,11-12,14,23H2/t16-,20+/m0/s1. The third-order valence-electron chi connectivity index (χ3n) is 5.93. The van der Waals surface area contributed by atoms with Gasteiger partial charge in [0, 0.05) is 19.1 Å². The third kappa shape index (κ3) is 2.68. The predicted molar refractivity (Wildman–Crippen MR) is 108 cm³/mol. The van der Waals surface area contributed by atoms with Crippen LogP contribution < -0.4 is 10.6 Å². The Labute approximate surface area is 159 Å². The van der Waals surface area contributed by atoms with E-state index in [0.717, 1.165) is 55.9 Å². The van der Waals surface area contributed by atoms with Crippen LogP contribution in [0.3, 0.4) is 0 Å². The van der Waals surface area contributed by atoms with Crippen molar-refractivity contribution in [1.29, 1.82) is 0 Å². The highest BCUT2D eigenvalue weighted by molar-refractivity contribution is 5.79. The number of nitrogens with two attached hydrogens (primary N) is 1. The summed E-state index contributed by atoms with van der Waals surface area (Å²) in [5.74, 6) is 1.04. The smallest absolute Gasteiger partial charge is 0.207 e. The van der Waals surface area contributed by atoms with Gasteiger partial charge in [0.2, 0.25) is 5.95 Å². The first-order chi connectivity index (χ1) is 13.2. The van der Waals surface area contributed by atoms with Gasteiger partial charge < -0.3 is 15.2 Å². The minimum Gasteiger partial charge on any atom is -0.341 e. The number of hydrogen-bond donors (Lipinski definition) is 1. The molecule has 2 heterocycles. The van der Waals surface area contributed by atoms with Crippen molar-refractivity contribution < 1.29 is 0 Å². The summed E-state index contributed by atoms with van der Waals surface area (Å²) in [6.07, 6.45) is 4.25. The van der Waals surface area contributed by atoms with Gasteiger partial charge in [-0.1, -0.05) is 35.9 Å². The summed E-state index contributed by atoms with van der Waals surface area (Å²) in [6.45, 7) is 9.15. The van der Waals surface area contributed by atoms with Crippen molar-refractivity contribution in [2.75, 3.05) is 18.0 Å². The number of rotatable bonds is 2. The molecule has 0 spiro atoms. The molecule has 1 aliphatic heterocycles. The van der Waals surface area contributed by atoms with E-state index in [1.54, 1.807) is 0 Å². The molecule has 1 aliphatic carbocycles. The van der Waals surface area contributed by atoms with E-state index in [2.05, 4.69) is 50.7 Å². The molecule has 0 unspecified atom stereocenters. The molecular weight excluding hydrogens is 334 g/mol. The summed E-state index contributed by atoms with van der Waals surface area (Å²) < 4.78 is 2.41. The third-order valence-corrected chi connectivity index (χ3v) is 5.93.